The molecular formula is C56H42IrN2O2-2. The van der Waals surface area contributed by atoms with Gasteiger partial charge in [0.25, 0.3) is 0 Å². The topological polar surface area (TPSA) is 52.1 Å². The molecule has 3 heterocycles. The monoisotopic (exact) mass is 967 g/mol. The Kier molecular flexibility index (Phi) is 10.9. The van der Waals surface area contributed by atoms with Crippen LogP contribution in [0.1, 0.15) is 50.7 Å². The largest absolute Gasteiger partial charge is 0.500 e. The van der Waals surface area contributed by atoms with E-state index in [0.717, 1.165) is 55.4 Å². The minimum atomic E-state index is 0. The molecule has 1 radical (unpaired) electrons. The van der Waals surface area contributed by atoms with Crippen molar-refractivity contribution in [1.82, 2.24) is 9.97 Å². The summed E-state index contributed by atoms with van der Waals surface area (Å²) in [6, 6.07) is 63.1. The summed E-state index contributed by atoms with van der Waals surface area (Å²) in [5, 5.41) is 6.97. The molecule has 5 heteroatoms. The van der Waals surface area contributed by atoms with Gasteiger partial charge in [-0.3, -0.25) is 4.98 Å². The standard InChI is InChI=1S/C45H34NO2.C11H8N.Ir/c1-26(2)37-24-30(28-12-6-5-7-13-28)25-38(27(3)4)41(37)34-17-11-19-39-44(34)48-45(46-39)36-18-10-16-35-42-33-21-20-29-14-8-9-15-31(29)32(33)22-23-40(42)47-43(35)36;1-2-6-10(7-3-1)11-8-4-5-9-12-11;/h5-17,19-27H,1-4H3;1-6,8-9H;/q2*-1;. The van der Waals surface area contributed by atoms with Crippen LogP contribution in [0, 0.1) is 12.1 Å². The summed E-state index contributed by atoms with van der Waals surface area (Å²) in [5.41, 5.74) is 13.3. The fourth-order valence-electron chi connectivity index (χ4n) is 8.52. The molecule has 4 nitrogen and oxygen atoms in total. The van der Waals surface area contributed by atoms with E-state index in [4.69, 9.17) is 13.8 Å². The van der Waals surface area contributed by atoms with E-state index in [-0.39, 0.29) is 20.1 Å². The summed E-state index contributed by atoms with van der Waals surface area (Å²) in [5.74, 6) is 1.13. The zero-order chi connectivity index (χ0) is 40.7. The number of nitrogens with zero attached hydrogens (tertiary/aromatic N) is 2. The summed E-state index contributed by atoms with van der Waals surface area (Å²) in [4.78, 5) is 9.27. The van der Waals surface area contributed by atoms with Crippen molar-refractivity contribution in [3.05, 3.63) is 193 Å². The van der Waals surface area contributed by atoms with Gasteiger partial charge in [0, 0.05) is 37.3 Å². The number of hydrogen-bond donors (Lipinski definition) is 0. The molecule has 11 aromatic rings. The zero-order valence-corrected chi connectivity index (χ0v) is 36.8. The van der Waals surface area contributed by atoms with Gasteiger partial charge in [-0.15, -0.1) is 54.1 Å². The van der Waals surface area contributed by atoms with Gasteiger partial charge in [-0.25, -0.2) is 0 Å². The maximum atomic E-state index is 6.77. The molecule has 8 aromatic carbocycles. The Bertz CT molecular complexity index is 3250. The van der Waals surface area contributed by atoms with Crippen molar-refractivity contribution in [2.45, 2.75) is 39.5 Å². The van der Waals surface area contributed by atoms with Crippen molar-refractivity contribution < 1.29 is 28.9 Å². The van der Waals surface area contributed by atoms with E-state index in [1.165, 1.54) is 49.4 Å². The number of oxazole rings is 1. The summed E-state index contributed by atoms with van der Waals surface area (Å²) >= 11 is 0. The minimum absolute atomic E-state index is 0. The van der Waals surface area contributed by atoms with Crippen LogP contribution >= 0.6 is 0 Å². The number of hydrogen-bond acceptors (Lipinski definition) is 4. The van der Waals surface area contributed by atoms with E-state index in [1.807, 2.05) is 54.6 Å². The maximum Gasteiger partial charge on any atom is 0.149 e. The van der Waals surface area contributed by atoms with Crippen LogP contribution in [0.4, 0.5) is 0 Å². The molecule has 0 unspecified atom stereocenters. The number of aromatic nitrogens is 2. The van der Waals surface area contributed by atoms with Gasteiger partial charge in [0.2, 0.25) is 0 Å². The Morgan fingerprint density at radius 2 is 1.30 bits per heavy atom. The number of furan rings is 1. The van der Waals surface area contributed by atoms with Crippen LogP contribution in [-0.4, -0.2) is 9.97 Å². The fraction of sp³-hybridized carbons (Fsp3) is 0.107. The third kappa shape index (κ3) is 7.35. The van der Waals surface area contributed by atoms with E-state index in [1.54, 1.807) is 6.20 Å². The molecule has 0 saturated heterocycles. The summed E-state index contributed by atoms with van der Waals surface area (Å²) in [6.45, 7) is 9.08. The van der Waals surface area contributed by atoms with E-state index < -0.39 is 0 Å². The third-order valence-electron chi connectivity index (χ3n) is 11.4. The molecule has 0 N–H and O–H groups in total. The van der Waals surface area contributed by atoms with Gasteiger partial charge in [-0.2, -0.15) is 0 Å². The second-order valence-corrected chi connectivity index (χ2v) is 15.9. The van der Waals surface area contributed by atoms with Crippen molar-refractivity contribution >= 4 is 54.6 Å². The minimum Gasteiger partial charge on any atom is -0.500 e. The van der Waals surface area contributed by atoms with Crippen molar-refractivity contribution in [3.63, 3.8) is 0 Å². The number of para-hydroxylation sites is 1. The quantitative estimate of drug-likeness (QED) is 0.123. The van der Waals surface area contributed by atoms with E-state index in [0.29, 0.717) is 17.7 Å². The van der Waals surface area contributed by atoms with E-state index >= 15 is 0 Å². The fourth-order valence-corrected chi connectivity index (χ4v) is 8.52. The van der Waals surface area contributed by atoms with Gasteiger partial charge in [0.1, 0.15) is 17.1 Å². The molecule has 0 aliphatic carbocycles. The molecule has 0 atom stereocenters. The van der Waals surface area contributed by atoms with Gasteiger partial charge in [0.15, 0.2) is 0 Å². The Labute approximate surface area is 369 Å². The van der Waals surface area contributed by atoms with Gasteiger partial charge < -0.3 is 13.8 Å². The molecular weight excluding hydrogens is 925 g/mol. The van der Waals surface area contributed by atoms with Crippen LogP contribution in [0.3, 0.4) is 0 Å². The van der Waals surface area contributed by atoms with Crippen molar-refractivity contribution in [2.75, 3.05) is 0 Å². The summed E-state index contributed by atoms with van der Waals surface area (Å²) in [6.07, 6.45) is 1.79. The Balaban J connectivity index is 0.000000316. The van der Waals surface area contributed by atoms with Gasteiger partial charge in [-0.05, 0) is 90.7 Å². The number of fused-ring (bicyclic) bond motifs is 8. The van der Waals surface area contributed by atoms with Crippen LogP contribution in [-0.2, 0) is 20.1 Å². The van der Waals surface area contributed by atoms with Crippen molar-refractivity contribution in [3.8, 4) is 45.0 Å². The van der Waals surface area contributed by atoms with Gasteiger partial charge in [-0.1, -0.05) is 142 Å². The van der Waals surface area contributed by atoms with Crippen LogP contribution in [0.25, 0.3) is 99.5 Å². The molecule has 0 aliphatic heterocycles. The second kappa shape index (κ2) is 16.8. The molecule has 0 saturated carbocycles. The molecule has 0 amide bonds. The average Bonchev–Trinajstić information content (AvgIpc) is 3.92. The predicted octanol–water partition coefficient (Wildman–Crippen LogP) is 15.6. The smallest absolute Gasteiger partial charge is 0.149 e. The second-order valence-electron chi connectivity index (χ2n) is 15.9. The van der Waals surface area contributed by atoms with Gasteiger partial charge >= 0.3 is 0 Å². The predicted molar refractivity (Wildman–Crippen MR) is 248 cm³/mol. The van der Waals surface area contributed by atoms with Crippen molar-refractivity contribution in [1.29, 1.82) is 0 Å². The summed E-state index contributed by atoms with van der Waals surface area (Å²) in [7, 11) is 0. The molecule has 3 aromatic heterocycles. The first-order chi connectivity index (χ1) is 29.4. The number of rotatable bonds is 6. The molecule has 299 valence electrons. The van der Waals surface area contributed by atoms with E-state index in [9.17, 15) is 0 Å². The SMILES string of the molecule is CC(C)c1cc(-c2ccccc2)cc(C(C)C)c1-c1cccc2nc(-c3[c-]ccc4c3oc3ccc5c6ccccc6ccc5c34)oc12.[Ir].[c-]1ccccc1-c1ccccn1. The number of benzene rings is 8. The molecule has 0 fully saturated rings. The average molecular weight is 967 g/mol. The third-order valence-corrected chi connectivity index (χ3v) is 11.4. The molecule has 0 spiro atoms. The van der Waals surface area contributed by atoms with E-state index in [2.05, 4.69) is 154 Å². The summed E-state index contributed by atoms with van der Waals surface area (Å²) < 4.78 is 13.4. The van der Waals surface area contributed by atoms with Crippen LogP contribution in [0.15, 0.2) is 179 Å². The first kappa shape index (κ1) is 39.8. The normalized spacial score (nSPS) is 11.4. The Morgan fingerprint density at radius 3 is 2.05 bits per heavy atom. The van der Waals surface area contributed by atoms with Crippen LogP contribution in [0.2, 0.25) is 0 Å². The molecule has 61 heavy (non-hydrogen) atoms. The molecule has 0 aliphatic rings. The first-order valence-corrected chi connectivity index (χ1v) is 20.6. The Hall–Kier alpha value is -6.65. The van der Waals surface area contributed by atoms with Gasteiger partial charge in [0.05, 0.1) is 11.1 Å². The Morgan fingerprint density at radius 1 is 0.541 bits per heavy atom. The maximum absolute atomic E-state index is 6.77. The first-order valence-electron chi connectivity index (χ1n) is 20.6. The zero-order valence-electron chi connectivity index (χ0n) is 34.4. The van der Waals surface area contributed by atoms with Crippen LogP contribution in [0.5, 0.6) is 0 Å². The number of pyridine rings is 1. The van der Waals surface area contributed by atoms with Crippen LogP contribution < -0.4 is 0 Å². The molecule has 0 bridgehead atoms. The molecule has 11 rings (SSSR count). The van der Waals surface area contributed by atoms with Crippen molar-refractivity contribution in [2.24, 2.45) is 0 Å².